The Balaban J connectivity index is 0.981. The van der Waals surface area contributed by atoms with E-state index < -0.39 is 10.0 Å². The van der Waals surface area contributed by atoms with E-state index in [1.165, 1.54) is 32.5 Å². The third-order valence-corrected chi connectivity index (χ3v) is 12.4. The van der Waals surface area contributed by atoms with Crippen LogP contribution in [0.5, 0.6) is 0 Å². The van der Waals surface area contributed by atoms with Gasteiger partial charge in [0.05, 0.1) is 10.6 Å². The molecule has 1 aromatic heterocycles. The Morgan fingerprint density at radius 3 is 2.37 bits per heavy atom. The molecule has 4 heterocycles. The second-order valence-corrected chi connectivity index (χ2v) is 15.8. The van der Waals surface area contributed by atoms with Crippen LogP contribution in [0, 0.1) is 5.92 Å². The predicted molar refractivity (Wildman–Crippen MR) is 182 cm³/mol. The van der Waals surface area contributed by atoms with E-state index in [9.17, 15) is 13.2 Å². The standard InChI is InChI=1S/C34H50N8O3S/c1-24-34(43)39(2)31-12-13-32(37-33(31)42(24)29-14-16-35-17-15-29)36-27-4-3-5-30(22-27)46(44,45)38-26-8-10-28(11-9-26)41-20-18-40(19-21-41)23-25-6-7-25/h3-5,12-13,22,24-26,28-29,35,38H,6-11,14-21,23H2,1-2H3,(H,36,37)/t24-,26?,28?/m1/s1. The van der Waals surface area contributed by atoms with Crippen LogP contribution in [0.15, 0.2) is 41.3 Å². The highest BCUT2D eigenvalue weighted by Crippen LogP contribution is 2.38. The highest BCUT2D eigenvalue weighted by atomic mass is 32.2. The maximum atomic E-state index is 13.5. The first-order valence-electron chi connectivity index (χ1n) is 17.4. The van der Waals surface area contributed by atoms with Gasteiger partial charge in [0.2, 0.25) is 15.9 Å². The molecule has 1 atom stereocenters. The molecule has 11 nitrogen and oxygen atoms in total. The summed E-state index contributed by atoms with van der Waals surface area (Å²) in [4.78, 5) is 27.4. The van der Waals surface area contributed by atoms with Crippen LogP contribution in [-0.2, 0) is 14.8 Å². The minimum absolute atomic E-state index is 0.0426. The number of hydrogen-bond acceptors (Lipinski definition) is 9. The van der Waals surface area contributed by atoms with Gasteiger partial charge in [-0.15, -0.1) is 0 Å². The number of piperidine rings is 1. The third-order valence-electron chi connectivity index (χ3n) is 10.8. The quantitative estimate of drug-likeness (QED) is 0.376. The Morgan fingerprint density at radius 2 is 1.65 bits per heavy atom. The van der Waals surface area contributed by atoms with E-state index in [1.54, 1.807) is 30.1 Å². The van der Waals surface area contributed by atoms with Crippen LogP contribution < -0.4 is 25.2 Å². The smallest absolute Gasteiger partial charge is 0.249 e. The normalized spacial score (nSPS) is 27.1. The van der Waals surface area contributed by atoms with E-state index in [-0.39, 0.29) is 28.9 Å². The van der Waals surface area contributed by atoms with Crippen molar-refractivity contribution in [3.63, 3.8) is 0 Å². The number of rotatable bonds is 9. The van der Waals surface area contributed by atoms with Gasteiger partial charge in [0, 0.05) is 63.6 Å². The summed E-state index contributed by atoms with van der Waals surface area (Å²) in [5, 5.41) is 6.75. The molecular formula is C34H50N8O3S. The molecule has 2 aromatic rings. The minimum Gasteiger partial charge on any atom is -0.340 e. The zero-order chi connectivity index (χ0) is 31.8. The van der Waals surface area contributed by atoms with Crippen LogP contribution in [-0.4, -0.2) is 106 Å². The lowest BCUT2D eigenvalue weighted by Gasteiger charge is -2.45. The number of pyridine rings is 1. The van der Waals surface area contributed by atoms with Crippen molar-refractivity contribution in [1.29, 1.82) is 0 Å². The molecule has 0 bridgehead atoms. The molecule has 0 spiro atoms. The lowest BCUT2D eigenvalue weighted by atomic mass is 9.90. The molecule has 1 amide bonds. The van der Waals surface area contributed by atoms with Crippen molar-refractivity contribution in [2.24, 2.45) is 5.92 Å². The fourth-order valence-corrected chi connectivity index (χ4v) is 9.30. The van der Waals surface area contributed by atoms with Gasteiger partial charge in [0.15, 0.2) is 5.82 Å². The lowest BCUT2D eigenvalue weighted by Crippen LogP contribution is -2.56. The predicted octanol–water partition coefficient (Wildman–Crippen LogP) is 3.37. The van der Waals surface area contributed by atoms with Crippen LogP contribution in [0.3, 0.4) is 0 Å². The summed E-state index contributed by atoms with van der Waals surface area (Å²) in [5.41, 5.74) is 1.44. The van der Waals surface area contributed by atoms with Gasteiger partial charge >= 0.3 is 0 Å². The molecule has 12 heteroatoms. The summed E-state index contributed by atoms with van der Waals surface area (Å²) < 4.78 is 30.0. The number of anilines is 4. The van der Waals surface area contributed by atoms with Gasteiger partial charge in [-0.3, -0.25) is 9.69 Å². The maximum absolute atomic E-state index is 13.5. The Bertz CT molecular complexity index is 1500. The number of carbonyl (C=O) groups excluding carboxylic acids is 1. The van der Waals surface area contributed by atoms with Gasteiger partial charge in [0.25, 0.3) is 0 Å². The molecule has 2 aliphatic carbocycles. The van der Waals surface area contributed by atoms with Crippen molar-refractivity contribution in [2.45, 2.75) is 87.4 Å². The van der Waals surface area contributed by atoms with E-state index in [4.69, 9.17) is 4.98 Å². The average Bonchev–Trinajstić information content (AvgIpc) is 3.89. The fraction of sp³-hybridized carbons (Fsp3) is 0.647. The van der Waals surface area contributed by atoms with Gasteiger partial charge in [-0.05, 0) is 108 Å². The molecule has 3 N–H and O–H groups in total. The van der Waals surface area contributed by atoms with E-state index in [0.717, 1.165) is 82.1 Å². The molecule has 46 heavy (non-hydrogen) atoms. The van der Waals surface area contributed by atoms with Crippen LogP contribution >= 0.6 is 0 Å². The van der Waals surface area contributed by atoms with Crippen LogP contribution in [0.25, 0.3) is 0 Å². The number of aromatic nitrogens is 1. The van der Waals surface area contributed by atoms with Crippen molar-refractivity contribution < 1.29 is 13.2 Å². The number of benzene rings is 1. The third kappa shape index (κ3) is 6.92. The Morgan fingerprint density at radius 1 is 0.913 bits per heavy atom. The number of sulfonamides is 1. The van der Waals surface area contributed by atoms with Crippen molar-refractivity contribution >= 4 is 38.9 Å². The number of nitrogens with zero attached hydrogens (tertiary/aromatic N) is 5. The Labute approximate surface area is 274 Å². The molecule has 5 aliphatic rings. The first-order chi connectivity index (χ1) is 22.2. The highest BCUT2D eigenvalue weighted by molar-refractivity contribution is 7.89. The molecule has 2 saturated heterocycles. The van der Waals surface area contributed by atoms with Gasteiger partial charge < -0.3 is 25.3 Å². The number of piperazine rings is 1. The van der Waals surface area contributed by atoms with E-state index in [2.05, 4.69) is 30.1 Å². The van der Waals surface area contributed by atoms with E-state index in [1.807, 2.05) is 25.1 Å². The zero-order valence-corrected chi connectivity index (χ0v) is 28.1. The van der Waals surface area contributed by atoms with Gasteiger partial charge in [-0.1, -0.05) is 6.07 Å². The number of fused-ring (bicyclic) bond motifs is 1. The van der Waals surface area contributed by atoms with Crippen molar-refractivity contribution in [3.8, 4) is 0 Å². The number of likely N-dealkylation sites (N-methyl/N-ethyl adjacent to an activating group) is 1. The Hall–Kier alpha value is -2.77. The molecular weight excluding hydrogens is 600 g/mol. The molecule has 7 rings (SSSR count). The molecule has 1 aromatic carbocycles. The largest absolute Gasteiger partial charge is 0.340 e. The number of nitrogens with one attached hydrogen (secondary N) is 3. The first-order valence-corrected chi connectivity index (χ1v) is 18.9. The fourth-order valence-electron chi connectivity index (χ4n) is 7.95. The molecule has 0 unspecified atom stereocenters. The summed E-state index contributed by atoms with van der Waals surface area (Å²) in [5.74, 6) is 2.41. The summed E-state index contributed by atoms with van der Waals surface area (Å²) in [6, 6.07) is 11.2. The molecule has 4 fully saturated rings. The molecule has 250 valence electrons. The Kier molecular flexibility index (Phi) is 9.26. The monoisotopic (exact) mass is 650 g/mol. The SMILES string of the molecule is C[C@@H]1C(=O)N(C)c2ccc(Nc3cccc(S(=O)(=O)NC4CCC(N5CCN(CC6CC6)CC5)CC4)c3)nc2N1C1CCNCC1. The molecule has 2 saturated carbocycles. The van der Waals surface area contributed by atoms with Gasteiger partial charge in [-0.25, -0.2) is 18.1 Å². The van der Waals surface area contributed by atoms with Gasteiger partial charge in [-0.2, -0.15) is 0 Å². The van der Waals surface area contributed by atoms with Crippen molar-refractivity contribution in [3.05, 3.63) is 36.4 Å². The molecule has 0 radical (unpaired) electrons. The minimum atomic E-state index is -3.68. The summed E-state index contributed by atoms with van der Waals surface area (Å²) in [7, 11) is -1.87. The number of amides is 1. The average molecular weight is 651 g/mol. The number of hydrogen-bond donors (Lipinski definition) is 3. The van der Waals surface area contributed by atoms with Crippen LogP contribution in [0.4, 0.5) is 23.0 Å². The first kappa shape index (κ1) is 31.8. The lowest BCUT2D eigenvalue weighted by molar-refractivity contribution is -0.119. The number of carbonyl (C=O) groups is 1. The van der Waals surface area contributed by atoms with Crippen molar-refractivity contribution in [2.75, 3.05) is 68.0 Å². The summed E-state index contributed by atoms with van der Waals surface area (Å²) >= 11 is 0. The zero-order valence-electron chi connectivity index (χ0n) is 27.3. The van der Waals surface area contributed by atoms with Gasteiger partial charge in [0.1, 0.15) is 11.9 Å². The maximum Gasteiger partial charge on any atom is 0.249 e. The summed E-state index contributed by atoms with van der Waals surface area (Å²) in [6.07, 6.45) is 8.53. The van der Waals surface area contributed by atoms with E-state index >= 15 is 0 Å². The summed E-state index contributed by atoms with van der Waals surface area (Å²) in [6.45, 7) is 9.67. The molecule has 3 aliphatic heterocycles. The van der Waals surface area contributed by atoms with Crippen LogP contribution in [0.2, 0.25) is 0 Å². The van der Waals surface area contributed by atoms with E-state index in [0.29, 0.717) is 17.5 Å². The second-order valence-electron chi connectivity index (χ2n) is 14.1. The second kappa shape index (κ2) is 13.4. The topological polar surface area (TPSA) is 113 Å². The highest BCUT2D eigenvalue weighted by Gasteiger charge is 2.39. The van der Waals surface area contributed by atoms with Crippen LogP contribution in [0.1, 0.15) is 58.3 Å². The van der Waals surface area contributed by atoms with Crippen molar-refractivity contribution in [1.82, 2.24) is 24.8 Å².